The SMILES string of the molecule is COc1cc(C(=O)N(CC(=O)N2CCCCC2)c2ccc(C)cc2)ccc1C. The summed E-state index contributed by atoms with van der Waals surface area (Å²) >= 11 is 0. The van der Waals surface area contributed by atoms with Crippen LogP contribution in [0.4, 0.5) is 5.69 Å². The lowest BCUT2D eigenvalue weighted by Gasteiger charge is -2.30. The first-order chi connectivity index (χ1) is 13.5. The zero-order valence-corrected chi connectivity index (χ0v) is 16.9. The summed E-state index contributed by atoms with van der Waals surface area (Å²) in [6.45, 7) is 5.52. The van der Waals surface area contributed by atoms with Crippen molar-refractivity contribution in [3.63, 3.8) is 0 Å². The van der Waals surface area contributed by atoms with Crippen LogP contribution in [0.3, 0.4) is 0 Å². The zero-order valence-electron chi connectivity index (χ0n) is 16.9. The predicted molar refractivity (Wildman–Crippen MR) is 111 cm³/mol. The Bertz CT molecular complexity index is 839. The van der Waals surface area contributed by atoms with Crippen molar-refractivity contribution in [2.45, 2.75) is 33.1 Å². The monoisotopic (exact) mass is 380 g/mol. The zero-order chi connectivity index (χ0) is 20.1. The Morgan fingerprint density at radius 3 is 2.32 bits per heavy atom. The van der Waals surface area contributed by atoms with E-state index in [1.54, 1.807) is 24.1 Å². The molecule has 0 bridgehead atoms. The second-order valence-corrected chi connectivity index (χ2v) is 7.35. The summed E-state index contributed by atoms with van der Waals surface area (Å²) in [5.41, 5.74) is 3.30. The van der Waals surface area contributed by atoms with Crippen molar-refractivity contribution in [1.29, 1.82) is 0 Å². The van der Waals surface area contributed by atoms with Gasteiger partial charge in [0, 0.05) is 24.3 Å². The van der Waals surface area contributed by atoms with Crippen molar-refractivity contribution in [2.75, 3.05) is 31.6 Å². The maximum Gasteiger partial charge on any atom is 0.258 e. The summed E-state index contributed by atoms with van der Waals surface area (Å²) in [6.07, 6.45) is 3.21. The number of hydrogen-bond donors (Lipinski definition) is 0. The predicted octanol–water partition coefficient (Wildman–Crippen LogP) is 3.97. The van der Waals surface area contributed by atoms with Gasteiger partial charge in [-0.15, -0.1) is 0 Å². The number of carbonyl (C=O) groups is 2. The summed E-state index contributed by atoms with van der Waals surface area (Å²) in [5, 5.41) is 0. The molecule has 0 aliphatic carbocycles. The summed E-state index contributed by atoms with van der Waals surface area (Å²) in [6, 6.07) is 13.1. The lowest BCUT2D eigenvalue weighted by atomic mass is 10.1. The molecule has 1 heterocycles. The molecule has 28 heavy (non-hydrogen) atoms. The van der Waals surface area contributed by atoms with E-state index in [9.17, 15) is 9.59 Å². The number of anilines is 1. The number of benzene rings is 2. The van der Waals surface area contributed by atoms with Crippen LogP contribution in [0.15, 0.2) is 42.5 Å². The fourth-order valence-corrected chi connectivity index (χ4v) is 3.49. The average molecular weight is 380 g/mol. The molecule has 1 fully saturated rings. The Balaban J connectivity index is 1.90. The van der Waals surface area contributed by atoms with Gasteiger partial charge in [0.1, 0.15) is 12.3 Å². The maximum absolute atomic E-state index is 13.3. The number of carbonyl (C=O) groups excluding carboxylic acids is 2. The molecule has 5 heteroatoms. The van der Waals surface area contributed by atoms with Gasteiger partial charge in [0.15, 0.2) is 0 Å². The molecular formula is C23H28N2O3. The third-order valence-electron chi connectivity index (χ3n) is 5.25. The van der Waals surface area contributed by atoms with Crippen molar-refractivity contribution in [3.8, 4) is 5.75 Å². The second kappa shape index (κ2) is 8.91. The molecule has 0 saturated carbocycles. The smallest absolute Gasteiger partial charge is 0.258 e. The van der Waals surface area contributed by atoms with Crippen LogP contribution in [-0.4, -0.2) is 43.5 Å². The Kier molecular flexibility index (Phi) is 6.34. The highest BCUT2D eigenvalue weighted by atomic mass is 16.5. The van der Waals surface area contributed by atoms with Crippen molar-refractivity contribution in [3.05, 3.63) is 59.2 Å². The molecule has 5 nitrogen and oxygen atoms in total. The first-order valence-corrected chi connectivity index (χ1v) is 9.80. The number of amides is 2. The first kappa shape index (κ1) is 19.9. The van der Waals surface area contributed by atoms with Crippen LogP contribution in [-0.2, 0) is 4.79 Å². The number of methoxy groups -OCH3 is 1. The van der Waals surface area contributed by atoms with E-state index in [-0.39, 0.29) is 18.4 Å². The highest BCUT2D eigenvalue weighted by Gasteiger charge is 2.25. The first-order valence-electron chi connectivity index (χ1n) is 9.80. The molecule has 1 saturated heterocycles. The highest BCUT2D eigenvalue weighted by Crippen LogP contribution is 2.23. The molecule has 0 atom stereocenters. The molecule has 148 valence electrons. The van der Waals surface area contributed by atoms with Crippen molar-refractivity contribution in [1.82, 2.24) is 4.90 Å². The Morgan fingerprint density at radius 1 is 1.00 bits per heavy atom. The highest BCUT2D eigenvalue weighted by molar-refractivity contribution is 6.09. The van der Waals surface area contributed by atoms with E-state index in [2.05, 4.69) is 0 Å². The number of likely N-dealkylation sites (tertiary alicyclic amines) is 1. The van der Waals surface area contributed by atoms with Crippen molar-refractivity contribution < 1.29 is 14.3 Å². The Morgan fingerprint density at radius 2 is 1.68 bits per heavy atom. The molecule has 1 aliphatic rings. The molecule has 0 radical (unpaired) electrons. The summed E-state index contributed by atoms with van der Waals surface area (Å²) in [4.78, 5) is 29.6. The fraction of sp³-hybridized carbons (Fsp3) is 0.391. The minimum Gasteiger partial charge on any atom is -0.496 e. The lowest BCUT2D eigenvalue weighted by Crippen LogP contribution is -2.45. The molecule has 2 aromatic carbocycles. The Hall–Kier alpha value is -2.82. The largest absolute Gasteiger partial charge is 0.496 e. The van der Waals surface area contributed by atoms with Gasteiger partial charge in [-0.1, -0.05) is 23.8 Å². The average Bonchev–Trinajstić information content (AvgIpc) is 2.73. The second-order valence-electron chi connectivity index (χ2n) is 7.35. The van der Waals surface area contributed by atoms with Crippen LogP contribution in [0.5, 0.6) is 5.75 Å². The van der Waals surface area contributed by atoms with Crippen molar-refractivity contribution in [2.24, 2.45) is 0 Å². The van der Waals surface area contributed by atoms with Gasteiger partial charge in [0.25, 0.3) is 5.91 Å². The normalized spacial score (nSPS) is 13.9. The van der Waals surface area contributed by atoms with Crippen molar-refractivity contribution >= 4 is 17.5 Å². The van der Waals surface area contributed by atoms with E-state index < -0.39 is 0 Å². The lowest BCUT2D eigenvalue weighted by molar-refractivity contribution is -0.130. The van der Waals surface area contributed by atoms with Crippen LogP contribution in [0, 0.1) is 13.8 Å². The number of nitrogens with zero attached hydrogens (tertiary/aromatic N) is 2. The minimum absolute atomic E-state index is 0.00676. The molecule has 1 aliphatic heterocycles. The number of piperidine rings is 1. The molecule has 0 aromatic heterocycles. The third kappa shape index (κ3) is 4.53. The molecule has 3 rings (SSSR count). The number of rotatable bonds is 5. The van der Waals surface area contributed by atoms with E-state index in [1.165, 1.54) is 0 Å². The van der Waals surface area contributed by atoms with Gasteiger partial charge in [0.2, 0.25) is 5.91 Å². The van der Waals surface area contributed by atoms with Gasteiger partial charge in [0.05, 0.1) is 7.11 Å². The molecule has 0 spiro atoms. The summed E-state index contributed by atoms with van der Waals surface area (Å²) < 4.78 is 5.37. The third-order valence-corrected chi connectivity index (χ3v) is 5.25. The number of hydrogen-bond acceptors (Lipinski definition) is 3. The molecule has 0 unspecified atom stereocenters. The van der Waals surface area contributed by atoms with Gasteiger partial charge in [-0.05, 0) is 62.9 Å². The van der Waals surface area contributed by atoms with E-state index in [1.807, 2.05) is 49.1 Å². The minimum atomic E-state index is -0.201. The number of aryl methyl sites for hydroxylation is 2. The molecular weight excluding hydrogens is 352 g/mol. The van der Waals surface area contributed by atoms with E-state index >= 15 is 0 Å². The topological polar surface area (TPSA) is 49.9 Å². The van der Waals surface area contributed by atoms with Crippen LogP contribution in [0.2, 0.25) is 0 Å². The quantitative estimate of drug-likeness (QED) is 0.789. The van der Waals surface area contributed by atoms with E-state index in [4.69, 9.17) is 4.74 Å². The van der Waals surface area contributed by atoms with Gasteiger partial charge in [-0.3, -0.25) is 14.5 Å². The van der Waals surface area contributed by atoms with Gasteiger partial charge < -0.3 is 9.64 Å². The summed E-state index contributed by atoms with van der Waals surface area (Å²) in [7, 11) is 1.59. The van der Waals surface area contributed by atoms with Gasteiger partial charge in [-0.25, -0.2) is 0 Å². The molecule has 2 aromatic rings. The van der Waals surface area contributed by atoms with Gasteiger partial charge in [-0.2, -0.15) is 0 Å². The molecule has 0 N–H and O–H groups in total. The van der Waals surface area contributed by atoms with Crippen LogP contribution in [0.1, 0.15) is 40.7 Å². The van der Waals surface area contributed by atoms with E-state index in [0.717, 1.165) is 49.2 Å². The number of ether oxygens (including phenoxy) is 1. The maximum atomic E-state index is 13.3. The summed E-state index contributed by atoms with van der Waals surface area (Å²) in [5.74, 6) is 0.456. The Labute approximate surface area is 166 Å². The standard InChI is InChI=1S/C23H28N2O3/c1-17-7-11-20(12-8-17)25(16-22(26)24-13-5-4-6-14-24)23(27)19-10-9-18(2)21(15-19)28-3/h7-12,15H,4-6,13-14,16H2,1-3H3. The van der Waals surface area contributed by atoms with Crippen LogP contribution in [0.25, 0.3) is 0 Å². The van der Waals surface area contributed by atoms with Crippen LogP contribution < -0.4 is 9.64 Å². The van der Waals surface area contributed by atoms with Crippen LogP contribution >= 0.6 is 0 Å². The fourth-order valence-electron chi connectivity index (χ4n) is 3.49. The molecule has 2 amide bonds. The van der Waals surface area contributed by atoms with Gasteiger partial charge >= 0.3 is 0 Å². The van der Waals surface area contributed by atoms with E-state index in [0.29, 0.717) is 11.3 Å².